The molecule has 0 aliphatic heterocycles. The molecule has 2 amide bonds. The maximum atomic E-state index is 12.5. The van der Waals surface area contributed by atoms with Gasteiger partial charge in [0.2, 0.25) is 11.7 Å². The van der Waals surface area contributed by atoms with Crippen LogP contribution in [0.25, 0.3) is 0 Å². The molecular formula is C22H28N2O5. The summed E-state index contributed by atoms with van der Waals surface area (Å²) in [4.78, 5) is 24.5. The van der Waals surface area contributed by atoms with Crippen molar-refractivity contribution in [2.75, 3.05) is 33.2 Å². The Morgan fingerprint density at radius 2 is 1.69 bits per heavy atom. The lowest BCUT2D eigenvalue weighted by molar-refractivity contribution is -0.116. The zero-order chi connectivity index (χ0) is 21.4. The van der Waals surface area contributed by atoms with E-state index in [0.29, 0.717) is 41.5 Å². The molecular weight excluding hydrogens is 372 g/mol. The van der Waals surface area contributed by atoms with Gasteiger partial charge in [-0.15, -0.1) is 0 Å². The van der Waals surface area contributed by atoms with Crippen molar-refractivity contribution in [3.05, 3.63) is 47.0 Å². The third kappa shape index (κ3) is 5.40. The van der Waals surface area contributed by atoms with E-state index in [1.165, 1.54) is 0 Å². The fourth-order valence-electron chi connectivity index (χ4n) is 2.98. The molecule has 0 fully saturated rings. The number of carbonyl (C=O) groups is 2. The van der Waals surface area contributed by atoms with E-state index in [0.717, 1.165) is 11.1 Å². The molecule has 2 aromatic carbocycles. The SMILES string of the molecule is CCNC(=O)c1ccc(C)c(NC(=O)CCc2ccc(OC)c(OC)c2OC)c1. The highest BCUT2D eigenvalue weighted by atomic mass is 16.5. The summed E-state index contributed by atoms with van der Waals surface area (Å²) in [6.45, 7) is 4.28. The summed E-state index contributed by atoms with van der Waals surface area (Å²) < 4.78 is 16.1. The summed E-state index contributed by atoms with van der Waals surface area (Å²) in [5.41, 5.74) is 2.86. The largest absolute Gasteiger partial charge is 0.493 e. The molecule has 0 bridgehead atoms. The van der Waals surface area contributed by atoms with Gasteiger partial charge in [0.05, 0.1) is 21.3 Å². The molecule has 0 saturated heterocycles. The summed E-state index contributed by atoms with van der Waals surface area (Å²) in [6.07, 6.45) is 0.709. The molecule has 2 aromatic rings. The Morgan fingerprint density at radius 1 is 0.966 bits per heavy atom. The molecule has 0 aliphatic carbocycles. The molecule has 0 aromatic heterocycles. The fourth-order valence-corrected chi connectivity index (χ4v) is 2.98. The van der Waals surface area contributed by atoms with Gasteiger partial charge in [-0.1, -0.05) is 12.1 Å². The van der Waals surface area contributed by atoms with E-state index in [1.54, 1.807) is 39.5 Å². The van der Waals surface area contributed by atoms with Gasteiger partial charge < -0.3 is 24.8 Å². The van der Waals surface area contributed by atoms with Crippen LogP contribution in [0.5, 0.6) is 17.2 Å². The third-order valence-electron chi connectivity index (χ3n) is 4.52. The molecule has 2 rings (SSSR count). The molecule has 29 heavy (non-hydrogen) atoms. The number of hydrogen-bond donors (Lipinski definition) is 2. The van der Waals surface area contributed by atoms with E-state index in [4.69, 9.17) is 14.2 Å². The molecule has 0 aliphatic rings. The zero-order valence-corrected chi connectivity index (χ0v) is 17.5. The van der Waals surface area contributed by atoms with Crippen LogP contribution in [0.3, 0.4) is 0 Å². The summed E-state index contributed by atoms with van der Waals surface area (Å²) in [7, 11) is 4.65. The molecule has 0 heterocycles. The molecule has 0 radical (unpaired) electrons. The summed E-state index contributed by atoms with van der Waals surface area (Å²) >= 11 is 0. The van der Waals surface area contributed by atoms with Crippen LogP contribution in [-0.2, 0) is 11.2 Å². The van der Waals surface area contributed by atoms with Crippen LogP contribution in [0.15, 0.2) is 30.3 Å². The maximum absolute atomic E-state index is 12.5. The lowest BCUT2D eigenvalue weighted by atomic mass is 10.1. The van der Waals surface area contributed by atoms with Crippen molar-refractivity contribution >= 4 is 17.5 Å². The second-order valence-electron chi connectivity index (χ2n) is 6.43. The highest BCUT2D eigenvalue weighted by Gasteiger charge is 2.17. The number of carbonyl (C=O) groups excluding carboxylic acids is 2. The van der Waals surface area contributed by atoms with Crippen LogP contribution in [0, 0.1) is 6.92 Å². The normalized spacial score (nSPS) is 10.2. The minimum absolute atomic E-state index is 0.155. The first-order chi connectivity index (χ1) is 13.9. The number of amides is 2. The van der Waals surface area contributed by atoms with Crippen molar-refractivity contribution in [1.29, 1.82) is 0 Å². The van der Waals surface area contributed by atoms with Crippen molar-refractivity contribution in [3.8, 4) is 17.2 Å². The first kappa shape index (κ1) is 22.1. The molecule has 7 nitrogen and oxygen atoms in total. The van der Waals surface area contributed by atoms with Gasteiger partial charge >= 0.3 is 0 Å². The molecule has 2 N–H and O–H groups in total. The number of nitrogens with one attached hydrogen (secondary N) is 2. The predicted octanol–water partition coefficient (Wildman–Crippen LogP) is 3.34. The highest BCUT2D eigenvalue weighted by molar-refractivity contribution is 5.97. The van der Waals surface area contributed by atoms with Gasteiger partial charge in [0.25, 0.3) is 5.91 Å². The van der Waals surface area contributed by atoms with Gasteiger partial charge in [-0.3, -0.25) is 9.59 Å². The van der Waals surface area contributed by atoms with E-state index in [9.17, 15) is 9.59 Å². The monoisotopic (exact) mass is 400 g/mol. The van der Waals surface area contributed by atoms with Gasteiger partial charge in [0, 0.05) is 24.2 Å². The number of hydrogen-bond acceptors (Lipinski definition) is 5. The number of benzene rings is 2. The number of rotatable bonds is 9. The summed E-state index contributed by atoms with van der Waals surface area (Å²) in [6, 6.07) is 8.89. The molecule has 7 heteroatoms. The van der Waals surface area contributed by atoms with Gasteiger partial charge in [-0.05, 0) is 49.6 Å². The van der Waals surface area contributed by atoms with Crippen molar-refractivity contribution < 1.29 is 23.8 Å². The standard InChI is InChI=1S/C22H28N2O5/c1-6-23-22(26)16-8-7-14(2)17(13-16)24-19(25)12-10-15-9-11-18(27-3)21(29-5)20(15)28-4/h7-9,11,13H,6,10,12H2,1-5H3,(H,23,26)(H,24,25). The lowest BCUT2D eigenvalue weighted by Gasteiger charge is -2.16. The minimum Gasteiger partial charge on any atom is -0.493 e. The van der Waals surface area contributed by atoms with Crippen LogP contribution in [0.1, 0.15) is 34.8 Å². The fraction of sp³-hybridized carbons (Fsp3) is 0.364. The van der Waals surface area contributed by atoms with Gasteiger partial charge in [-0.25, -0.2) is 0 Å². The maximum Gasteiger partial charge on any atom is 0.251 e. The van der Waals surface area contributed by atoms with Gasteiger partial charge in [0.1, 0.15) is 0 Å². The number of anilines is 1. The van der Waals surface area contributed by atoms with Crippen LogP contribution in [0.2, 0.25) is 0 Å². The van der Waals surface area contributed by atoms with Crippen molar-refractivity contribution in [1.82, 2.24) is 5.32 Å². The molecule has 156 valence electrons. The molecule has 0 unspecified atom stereocenters. The highest BCUT2D eigenvalue weighted by Crippen LogP contribution is 2.40. The molecule has 0 saturated carbocycles. The minimum atomic E-state index is -0.168. The van der Waals surface area contributed by atoms with Gasteiger partial charge in [0.15, 0.2) is 11.5 Å². The number of methoxy groups -OCH3 is 3. The number of aryl methyl sites for hydroxylation is 2. The van der Waals surface area contributed by atoms with E-state index in [-0.39, 0.29) is 18.2 Å². The molecule has 0 atom stereocenters. The van der Waals surface area contributed by atoms with E-state index in [1.807, 2.05) is 26.0 Å². The Labute approximate surface area is 171 Å². The first-order valence-electron chi connectivity index (χ1n) is 9.41. The average Bonchev–Trinajstić information content (AvgIpc) is 2.72. The van der Waals surface area contributed by atoms with Crippen LogP contribution >= 0.6 is 0 Å². The second kappa shape index (κ2) is 10.4. The van der Waals surface area contributed by atoms with Crippen LogP contribution < -0.4 is 24.8 Å². The topological polar surface area (TPSA) is 85.9 Å². The summed E-state index contributed by atoms with van der Waals surface area (Å²) in [5.74, 6) is 1.29. The Morgan fingerprint density at radius 3 is 2.31 bits per heavy atom. The van der Waals surface area contributed by atoms with E-state index >= 15 is 0 Å². The predicted molar refractivity (Wildman–Crippen MR) is 112 cm³/mol. The zero-order valence-electron chi connectivity index (χ0n) is 17.5. The lowest BCUT2D eigenvalue weighted by Crippen LogP contribution is -2.23. The van der Waals surface area contributed by atoms with E-state index in [2.05, 4.69) is 10.6 Å². The van der Waals surface area contributed by atoms with Crippen LogP contribution in [0.4, 0.5) is 5.69 Å². The smallest absolute Gasteiger partial charge is 0.251 e. The van der Waals surface area contributed by atoms with Crippen molar-refractivity contribution in [2.45, 2.75) is 26.7 Å². The Balaban J connectivity index is 2.11. The average molecular weight is 400 g/mol. The quantitative estimate of drug-likeness (QED) is 0.674. The number of ether oxygens (including phenoxy) is 3. The Bertz CT molecular complexity index is 880. The Kier molecular flexibility index (Phi) is 7.88. The Hall–Kier alpha value is -3.22. The van der Waals surface area contributed by atoms with Crippen LogP contribution in [-0.4, -0.2) is 39.7 Å². The van der Waals surface area contributed by atoms with Crippen molar-refractivity contribution in [2.24, 2.45) is 0 Å². The summed E-state index contributed by atoms with van der Waals surface area (Å²) in [5, 5.41) is 5.64. The molecule has 0 spiro atoms. The first-order valence-corrected chi connectivity index (χ1v) is 9.41. The van der Waals surface area contributed by atoms with Gasteiger partial charge in [-0.2, -0.15) is 0 Å². The van der Waals surface area contributed by atoms with E-state index < -0.39 is 0 Å². The van der Waals surface area contributed by atoms with Crippen molar-refractivity contribution in [3.63, 3.8) is 0 Å². The third-order valence-corrected chi connectivity index (χ3v) is 4.52. The second-order valence-corrected chi connectivity index (χ2v) is 6.43.